The molecule has 0 aliphatic rings. The fraction of sp³-hybridized carbons (Fsp3) is 0.348. The zero-order valence-electron chi connectivity index (χ0n) is 17.7. The Morgan fingerprint density at radius 2 is 1.86 bits per heavy atom. The summed E-state index contributed by atoms with van der Waals surface area (Å²) in [7, 11) is 0. The molecule has 2 N–H and O–H groups in total. The lowest BCUT2D eigenvalue weighted by atomic mass is 9.93. The summed E-state index contributed by atoms with van der Waals surface area (Å²) in [5.41, 5.74) is 8.71. The topological polar surface area (TPSA) is 70.9 Å². The minimum atomic E-state index is 0.325. The largest absolute Gasteiger partial charge is 0.310 e. The van der Waals surface area contributed by atoms with E-state index in [9.17, 15) is 0 Å². The van der Waals surface area contributed by atoms with Gasteiger partial charge in [0.15, 0.2) is 5.65 Å². The number of hydrogen-bond donors (Lipinski definition) is 2. The zero-order chi connectivity index (χ0) is 20.5. The number of nitrogens with one attached hydrogen (secondary N) is 2. The smallest absolute Gasteiger partial charge is 0.158 e. The van der Waals surface area contributed by atoms with Crippen LogP contribution in [0.2, 0.25) is 0 Å². The highest BCUT2D eigenvalue weighted by Crippen LogP contribution is 2.36. The van der Waals surface area contributed by atoms with E-state index in [1.54, 1.807) is 6.33 Å². The van der Waals surface area contributed by atoms with Gasteiger partial charge in [-0.2, -0.15) is 10.2 Å². The fourth-order valence-corrected chi connectivity index (χ4v) is 3.94. The van der Waals surface area contributed by atoms with E-state index in [1.807, 2.05) is 10.7 Å². The number of H-pyrrole nitrogens is 1. The molecule has 3 aromatic heterocycles. The van der Waals surface area contributed by atoms with Crippen molar-refractivity contribution in [2.45, 2.75) is 46.6 Å². The van der Waals surface area contributed by atoms with E-state index < -0.39 is 0 Å². The van der Waals surface area contributed by atoms with Crippen molar-refractivity contribution in [2.75, 3.05) is 6.54 Å². The van der Waals surface area contributed by atoms with Crippen LogP contribution in [-0.2, 0) is 0 Å². The van der Waals surface area contributed by atoms with E-state index in [4.69, 9.17) is 5.10 Å². The molecule has 6 nitrogen and oxygen atoms in total. The minimum absolute atomic E-state index is 0.325. The quantitative estimate of drug-likeness (QED) is 0.493. The van der Waals surface area contributed by atoms with Gasteiger partial charge in [-0.05, 0) is 49.1 Å². The van der Waals surface area contributed by atoms with Crippen LogP contribution in [0.3, 0.4) is 0 Å². The molecule has 1 unspecified atom stereocenters. The second-order valence-electron chi connectivity index (χ2n) is 7.86. The molecule has 150 valence electrons. The first-order valence-electron chi connectivity index (χ1n) is 10.2. The van der Waals surface area contributed by atoms with Gasteiger partial charge in [0.2, 0.25) is 0 Å². The standard InChI is InChI=1S/C23H28N6/c1-6-24-16(5)17-7-9-18(10-8-17)21-20(14(2)3)22(28-27-21)19-11-15(4)23-25-13-26-29(23)12-19/h7-14,16,24H,6H2,1-5H3,(H,27,28). The maximum Gasteiger partial charge on any atom is 0.158 e. The van der Waals surface area contributed by atoms with Gasteiger partial charge in [0.25, 0.3) is 0 Å². The number of aromatic amines is 1. The molecule has 0 fully saturated rings. The average Bonchev–Trinajstić information content (AvgIpc) is 3.35. The predicted octanol–water partition coefficient (Wildman–Crippen LogP) is 4.89. The molecule has 0 radical (unpaired) electrons. The van der Waals surface area contributed by atoms with E-state index in [0.717, 1.165) is 40.3 Å². The number of aryl methyl sites for hydroxylation is 1. The van der Waals surface area contributed by atoms with Crippen LogP contribution in [0, 0.1) is 6.92 Å². The third kappa shape index (κ3) is 3.56. The maximum absolute atomic E-state index is 4.70. The normalized spacial score (nSPS) is 12.8. The van der Waals surface area contributed by atoms with Crippen LogP contribution >= 0.6 is 0 Å². The number of aromatic nitrogens is 5. The molecular weight excluding hydrogens is 360 g/mol. The Morgan fingerprint density at radius 3 is 2.55 bits per heavy atom. The van der Waals surface area contributed by atoms with Gasteiger partial charge >= 0.3 is 0 Å². The van der Waals surface area contributed by atoms with Crippen molar-refractivity contribution in [1.82, 2.24) is 30.1 Å². The molecule has 29 heavy (non-hydrogen) atoms. The first-order chi connectivity index (χ1) is 14.0. The monoisotopic (exact) mass is 388 g/mol. The Hall–Kier alpha value is -2.99. The van der Waals surface area contributed by atoms with Gasteiger partial charge in [-0.15, -0.1) is 0 Å². The van der Waals surface area contributed by atoms with Crippen molar-refractivity contribution < 1.29 is 0 Å². The van der Waals surface area contributed by atoms with Crippen LogP contribution in [0.1, 0.15) is 56.3 Å². The first-order valence-corrected chi connectivity index (χ1v) is 10.2. The van der Waals surface area contributed by atoms with Crippen molar-refractivity contribution in [1.29, 1.82) is 0 Å². The molecule has 0 spiro atoms. The molecular formula is C23H28N6. The third-order valence-electron chi connectivity index (χ3n) is 5.42. The SMILES string of the molecule is CCNC(C)c1ccc(-c2[nH]nc(-c3cc(C)c4ncnn4c3)c2C(C)C)cc1. The third-order valence-corrected chi connectivity index (χ3v) is 5.42. The summed E-state index contributed by atoms with van der Waals surface area (Å²) in [6.45, 7) is 11.8. The summed E-state index contributed by atoms with van der Waals surface area (Å²) in [6, 6.07) is 11.2. The summed E-state index contributed by atoms with van der Waals surface area (Å²) < 4.78 is 1.82. The van der Waals surface area contributed by atoms with Gasteiger partial charge in [-0.25, -0.2) is 9.50 Å². The summed E-state index contributed by atoms with van der Waals surface area (Å²) in [5, 5.41) is 15.8. The van der Waals surface area contributed by atoms with E-state index in [1.165, 1.54) is 11.1 Å². The molecule has 0 saturated carbocycles. The van der Waals surface area contributed by atoms with E-state index in [-0.39, 0.29) is 0 Å². The number of hydrogen-bond acceptors (Lipinski definition) is 4. The zero-order valence-corrected chi connectivity index (χ0v) is 17.7. The minimum Gasteiger partial charge on any atom is -0.310 e. The van der Waals surface area contributed by atoms with Crippen molar-refractivity contribution in [3.63, 3.8) is 0 Å². The second kappa shape index (κ2) is 7.79. The summed E-state index contributed by atoms with van der Waals surface area (Å²) in [5.74, 6) is 0.325. The van der Waals surface area contributed by atoms with Crippen LogP contribution in [0.5, 0.6) is 0 Å². The Kier molecular flexibility index (Phi) is 5.20. The van der Waals surface area contributed by atoms with E-state index >= 15 is 0 Å². The molecule has 3 heterocycles. The molecule has 0 aliphatic heterocycles. The number of nitrogens with zero attached hydrogens (tertiary/aromatic N) is 4. The molecule has 4 aromatic rings. The molecule has 1 atom stereocenters. The lowest BCUT2D eigenvalue weighted by Crippen LogP contribution is -2.17. The lowest BCUT2D eigenvalue weighted by Gasteiger charge is -2.14. The van der Waals surface area contributed by atoms with Crippen LogP contribution in [0.25, 0.3) is 28.2 Å². The summed E-state index contributed by atoms with van der Waals surface area (Å²) in [4.78, 5) is 4.32. The van der Waals surface area contributed by atoms with Crippen molar-refractivity contribution in [3.05, 3.63) is 59.5 Å². The molecule has 6 heteroatoms. The highest BCUT2D eigenvalue weighted by Gasteiger charge is 2.20. The highest BCUT2D eigenvalue weighted by molar-refractivity contribution is 5.75. The Balaban J connectivity index is 1.77. The molecule has 0 bridgehead atoms. The average molecular weight is 389 g/mol. The van der Waals surface area contributed by atoms with Gasteiger partial charge in [0.05, 0.1) is 11.4 Å². The van der Waals surface area contributed by atoms with Gasteiger partial charge in [-0.3, -0.25) is 5.10 Å². The summed E-state index contributed by atoms with van der Waals surface area (Å²) in [6.07, 6.45) is 3.59. The second-order valence-corrected chi connectivity index (χ2v) is 7.86. The fourth-order valence-electron chi connectivity index (χ4n) is 3.94. The van der Waals surface area contributed by atoms with Crippen molar-refractivity contribution in [3.8, 4) is 22.5 Å². The summed E-state index contributed by atoms with van der Waals surface area (Å²) >= 11 is 0. The van der Waals surface area contributed by atoms with Gasteiger partial charge in [0, 0.05) is 23.4 Å². The number of rotatable bonds is 6. The molecule has 4 rings (SSSR count). The van der Waals surface area contributed by atoms with Crippen molar-refractivity contribution >= 4 is 5.65 Å². The number of pyridine rings is 1. The highest BCUT2D eigenvalue weighted by atomic mass is 15.3. The first kappa shape index (κ1) is 19.3. The Bertz CT molecular complexity index is 1120. The molecule has 1 aromatic carbocycles. The number of benzene rings is 1. The van der Waals surface area contributed by atoms with E-state index in [2.05, 4.69) is 85.4 Å². The van der Waals surface area contributed by atoms with Crippen LogP contribution in [-0.4, -0.2) is 31.3 Å². The van der Waals surface area contributed by atoms with Crippen LogP contribution < -0.4 is 5.32 Å². The number of fused-ring (bicyclic) bond motifs is 1. The maximum atomic E-state index is 4.70. The van der Waals surface area contributed by atoms with Crippen molar-refractivity contribution in [2.24, 2.45) is 0 Å². The van der Waals surface area contributed by atoms with Gasteiger partial charge in [0.1, 0.15) is 6.33 Å². The van der Waals surface area contributed by atoms with E-state index in [0.29, 0.717) is 12.0 Å². The molecule has 0 saturated heterocycles. The van der Waals surface area contributed by atoms with Crippen LogP contribution in [0.15, 0.2) is 42.9 Å². The van der Waals surface area contributed by atoms with Gasteiger partial charge in [-0.1, -0.05) is 45.0 Å². The Morgan fingerprint density at radius 1 is 1.10 bits per heavy atom. The van der Waals surface area contributed by atoms with Gasteiger partial charge < -0.3 is 5.32 Å². The van der Waals surface area contributed by atoms with Crippen LogP contribution in [0.4, 0.5) is 0 Å². The predicted molar refractivity (Wildman–Crippen MR) is 117 cm³/mol. The molecule has 0 amide bonds. The lowest BCUT2D eigenvalue weighted by molar-refractivity contribution is 0.598. The molecule has 0 aliphatic carbocycles. The Labute approximate surface area is 171 Å².